The lowest BCUT2D eigenvalue weighted by Gasteiger charge is -2.08. The van der Waals surface area contributed by atoms with Gasteiger partial charge in [-0.1, -0.05) is 97.1 Å². The first kappa shape index (κ1) is 21.2. The van der Waals surface area contributed by atoms with Crippen LogP contribution in [0.4, 0.5) is 0 Å². The maximum absolute atomic E-state index is 6.37. The van der Waals surface area contributed by atoms with E-state index in [0.717, 1.165) is 78.4 Å². The number of aromatic nitrogens is 1. The molecule has 0 amide bonds. The molecule has 38 heavy (non-hydrogen) atoms. The van der Waals surface area contributed by atoms with Gasteiger partial charge in [-0.3, -0.25) is 0 Å². The van der Waals surface area contributed by atoms with Crippen molar-refractivity contribution in [2.45, 2.75) is 12.3 Å². The SMILES string of the molecule is C1=CCC(c2nc3ccc4ccc(-c5cccc(-c6cccc7c6oc6ccccc67)c5)cc4c3o2)C=C1. The standard InChI is InChI=1S/C35H23NO2/c1-2-8-23(9-3-1)35-36-31-19-18-22-16-17-25(21-30(22)34(31)38-35)24-10-6-11-26(20-24)27-13-7-14-29-28-12-4-5-15-32(28)37-33(27)29/h1-8,10-21,23H,9H2. The van der Waals surface area contributed by atoms with Gasteiger partial charge in [-0.05, 0) is 52.8 Å². The van der Waals surface area contributed by atoms with E-state index >= 15 is 0 Å². The van der Waals surface area contributed by atoms with E-state index in [-0.39, 0.29) is 5.92 Å². The van der Waals surface area contributed by atoms with Crippen LogP contribution in [-0.2, 0) is 0 Å². The predicted octanol–water partition coefficient (Wildman–Crippen LogP) is 9.81. The van der Waals surface area contributed by atoms with Crippen LogP contribution in [0.2, 0.25) is 0 Å². The molecule has 8 rings (SSSR count). The Kier molecular flexibility index (Phi) is 4.65. The summed E-state index contributed by atoms with van der Waals surface area (Å²) in [5.41, 5.74) is 8.10. The summed E-state index contributed by atoms with van der Waals surface area (Å²) in [7, 11) is 0. The fourth-order valence-electron chi connectivity index (χ4n) is 5.66. The molecule has 0 fully saturated rings. The van der Waals surface area contributed by atoms with Crippen LogP contribution in [0.1, 0.15) is 18.2 Å². The lowest BCUT2D eigenvalue weighted by molar-refractivity contribution is 0.507. The van der Waals surface area contributed by atoms with E-state index in [0.29, 0.717) is 0 Å². The first-order valence-electron chi connectivity index (χ1n) is 13.0. The second-order valence-corrected chi connectivity index (χ2v) is 9.92. The van der Waals surface area contributed by atoms with Crippen molar-refractivity contribution in [3.63, 3.8) is 0 Å². The van der Waals surface area contributed by atoms with E-state index in [9.17, 15) is 0 Å². The van der Waals surface area contributed by atoms with E-state index in [2.05, 4.69) is 109 Å². The van der Waals surface area contributed by atoms with Crippen molar-refractivity contribution in [1.82, 2.24) is 4.98 Å². The fraction of sp³-hybridized carbons (Fsp3) is 0.0571. The van der Waals surface area contributed by atoms with Gasteiger partial charge in [-0.2, -0.15) is 0 Å². The summed E-state index contributed by atoms with van der Waals surface area (Å²) >= 11 is 0. The molecule has 2 aromatic heterocycles. The Bertz CT molecular complexity index is 2070. The van der Waals surface area contributed by atoms with Crippen molar-refractivity contribution < 1.29 is 8.83 Å². The third-order valence-corrected chi connectivity index (χ3v) is 7.60. The lowest BCUT2D eigenvalue weighted by Crippen LogP contribution is -1.95. The molecule has 1 aliphatic rings. The highest BCUT2D eigenvalue weighted by atomic mass is 16.3. The van der Waals surface area contributed by atoms with E-state index in [1.54, 1.807) is 0 Å². The molecule has 3 heteroatoms. The van der Waals surface area contributed by atoms with Crippen molar-refractivity contribution in [2.24, 2.45) is 0 Å². The Morgan fingerprint density at radius 2 is 1.47 bits per heavy atom. The molecule has 0 saturated carbocycles. The third kappa shape index (κ3) is 3.32. The zero-order valence-electron chi connectivity index (χ0n) is 20.6. The summed E-state index contributed by atoms with van der Waals surface area (Å²) in [6, 6.07) is 34.0. The zero-order valence-corrected chi connectivity index (χ0v) is 20.6. The Hall–Kier alpha value is -4.89. The van der Waals surface area contributed by atoms with Crippen LogP contribution in [0.25, 0.3) is 66.1 Å². The number of hydrogen-bond donors (Lipinski definition) is 0. The van der Waals surface area contributed by atoms with Crippen LogP contribution in [0.15, 0.2) is 130 Å². The molecular weight excluding hydrogens is 466 g/mol. The molecule has 3 nitrogen and oxygen atoms in total. The summed E-state index contributed by atoms with van der Waals surface area (Å²) in [5.74, 6) is 0.961. The van der Waals surface area contributed by atoms with Crippen LogP contribution in [0.5, 0.6) is 0 Å². The minimum atomic E-state index is 0.184. The zero-order chi connectivity index (χ0) is 25.1. The monoisotopic (exact) mass is 489 g/mol. The second-order valence-electron chi connectivity index (χ2n) is 9.92. The molecule has 5 aromatic carbocycles. The number of benzene rings is 5. The average Bonchev–Trinajstić information content (AvgIpc) is 3.60. The van der Waals surface area contributed by atoms with Gasteiger partial charge in [0.15, 0.2) is 5.58 Å². The van der Waals surface area contributed by atoms with Crippen molar-refractivity contribution in [2.75, 3.05) is 0 Å². The van der Waals surface area contributed by atoms with Crippen LogP contribution < -0.4 is 0 Å². The molecule has 1 aliphatic carbocycles. The summed E-state index contributed by atoms with van der Waals surface area (Å²) in [4.78, 5) is 4.83. The van der Waals surface area contributed by atoms with Gasteiger partial charge in [0, 0.05) is 21.7 Å². The van der Waals surface area contributed by atoms with Gasteiger partial charge in [-0.15, -0.1) is 0 Å². The average molecular weight is 490 g/mol. The fourth-order valence-corrected chi connectivity index (χ4v) is 5.66. The maximum Gasteiger partial charge on any atom is 0.202 e. The molecule has 2 heterocycles. The van der Waals surface area contributed by atoms with Crippen molar-refractivity contribution >= 4 is 43.8 Å². The number of rotatable bonds is 3. The smallest absolute Gasteiger partial charge is 0.202 e. The minimum absolute atomic E-state index is 0.184. The van der Waals surface area contributed by atoms with Gasteiger partial charge < -0.3 is 8.83 Å². The highest BCUT2D eigenvalue weighted by Crippen LogP contribution is 2.38. The van der Waals surface area contributed by atoms with Gasteiger partial charge in [0.1, 0.15) is 16.7 Å². The van der Waals surface area contributed by atoms with Gasteiger partial charge in [-0.25, -0.2) is 4.98 Å². The van der Waals surface area contributed by atoms with E-state index < -0.39 is 0 Å². The van der Waals surface area contributed by atoms with Crippen molar-refractivity contribution in [3.8, 4) is 22.3 Å². The molecule has 7 aromatic rings. The van der Waals surface area contributed by atoms with Gasteiger partial charge in [0.05, 0.1) is 5.92 Å². The summed E-state index contributed by atoms with van der Waals surface area (Å²) in [6.45, 7) is 0. The molecule has 1 unspecified atom stereocenters. The number of para-hydroxylation sites is 2. The number of oxazole rings is 1. The first-order valence-corrected chi connectivity index (χ1v) is 13.0. The molecule has 0 saturated heterocycles. The third-order valence-electron chi connectivity index (χ3n) is 7.60. The maximum atomic E-state index is 6.37. The van der Waals surface area contributed by atoms with Gasteiger partial charge in [0.2, 0.25) is 5.89 Å². The van der Waals surface area contributed by atoms with E-state index in [1.807, 2.05) is 12.1 Å². The molecule has 1 atom stereocenters. The lowest BCUT2D eigenvalue weighted by atomic mass is 9.96. The highest BCUT2D eigenvalue weighted by molar-refractivity contribution is 6.10. The Labute approximate surface area is 219 Å². The summed E-state index contributed by atoms with van der Waals surface area (Å²) < 4.78 is 12.7. The highest BCUT2D eigenvalue weighted by Gasteiger charge is 2.18. The van der Waals surface area contributed by atoms with Crippen LogP contribution in [-0.4, -0.2) is 4.98 Å². The largest absolute Gasteiger partial charge is 0.455 e. The normalized spacial score (nSPS) is 15.3. The number of nitrogens with zero attached hydrogens (tertiary/aromatic N) is 1. The summed E-state index contributed by atoms with van der Waals surface area (Å²) in [5, 5.41) is 4.51. The van der Waals surface area contributed by atoms with Crippen molar-refractivity contribution in [3.05, 3.63) is 127 Å². The van der Waals surface area contributed by atoms with Crippen LogP contribution >= 0.6 is 0 Å². The molecule has 0 aliphatic heterocycles. The number of hydrogen-bond acceptors (Lipinski definition) is 3. The molecule has 0 N–H and O–H groups in total. The molecule has 0 bridgehead atoms. The quantitative estimate of drug-likeness (QED) is 0.248. The van der Waals surface area contributed by atoms with Gasteiger partial charge in [0.25, 0.3) is 0 Å². The number of furan rings is 1. The second kappa shape index (κ2) is 8.32. The predicted molar refractivity (Wildman–Crippen MR) is 155 cm³/mol. The first-order chi connectivity index (χ1) is 18.8. The van der Waals surface area contributed by atoms with Crippen molar-refractivity contribution in [1.29, 1.82) is 0 Å². The van der Waals surface area contributed by atoms with Crippen LogP contribution in [0.3, 0.4) is 0 Å². The van der Waals surface area contributed by atoms with Crippen LogP contribution in [0, 0.1) is 0 Å². The minimum Gasteiger partial charge on any atom is -0.455 e. The molecule has 180 valence electrons. The Balaban J connectivity index is 1.25. The molecule has 0 spiro atoms. The van der Waals surface area contributed by atoms with E-state index in [1.165, 1.54) is 0 Å². The topological polar surface area (TPSA) is 39.2 Å². The Morgan fingerprint density at radius 3 is 2.42 bits per heavy atom. The molecule has 0 radical (unpaired) electrons. The molecular formula is C35H23NO2. The number of allylic oxidation sites excluding steroid dienone is 4. The summed E-state index contributed by atoms with van der Waals surface area (Å²) in [6.07, 6.45) is 9.37. The number of fused-ring (bicyclic) bond motifs is 6. The van der Waals surface area contributed by atoms with Gasteiger partial charge >= 0.3 is 0 Å². The van der Waals surface area contributed by atoms with E-state index in [4.69, 9.17) is 13.8 Å². The Morgan fingerprint density at radius 1 is 0.632 bits per heavy atom.